The number of hydrogen-bond acceptors (Lipinski definition) is 4. The van der Waals surface area contributed by atoms with Crippen LogP contribution in [0.1, 0.15) is 34.0 Å². The number of aliphatic imine (C=N–C) groups is 1. The topological polar surface area (TPSA) is 66.1 Å². The molecule has 1 aromatic heterocycles. The summed E-state index contributed by atoms with van der Waals surface area (Å²) in [6.45, 7) is 2.08. The Hall–Kier alpha value is -6.85. The maximum absolute atomic E-state index is 8.28. The van der Waals surface area contributed by atoms with Crippen molar-refractivity contribution in [1.82, 2.24) is 14.9 Å². The molecule has 0 spiro atoms. The number of fused-ring (bicyclic) bond motifs is 3. The van der Waals surface area contributed by atoms with Crippen molar-refractivity contribution in [2.75, 3.05) is 0 Å². The zero-order chi connectivity index (χ0) is 35.0. The minimum atomic E-state index is -0.208. The van der Waals surface area contributed by atoms with E-state index >= 15 is 0 Å². The average molecular weight is 670 g/mol. The molecule has 248 valence electrons. The van der Waals surface area contributed by atoms with Crippen LogP contribution in [0.15, 0.2) is 175 Å². The van der Waals surface area contributed by atoms with Crippen LogP contribution in [0.25, 0.3) is 55.7 Å². The van der Waals surface area contributed by atoms with Crippen LogP contribution in [0.4, 0.5) is 0 Å². The van der Waals surface area contributed by atoms with Gasteiger partial charge in [0.1, 0.15) is 12.0 Å². The normalized spacial score (nSPS) is 14.1. The number of rotatable bonds is 7. The molecule has 1 aliphatic rings. The van der Waals surface area contributed by atoms with E-state index in [1.54, 1.807) is 0 Å². The summed E-state index contributed by atoms with van der Waals surface area (Å²) in [5, 5.41) is 14.1. The van der Waals surface area contributed by atoms with Gasteiger partial charge in [-0.3, -0.25) is 9.56 Å². The SMILES string of the molecule is Cc1c(C=N)c2ccccc2c2c1nc(-c1ccccc1)n2-c1cccc(-c2cccc(C3=CC(c4ccccc4)=NC(c4ccccc4)N3)c2)c1. The molecule has 0 aliphatic carbocycles. The van der Waals surface area contributed by atoms with Gasteiger partial charge < -0.3 is 10.7 Å². The summed E-state index contributed by atoms with van der Waals surface area (Å²) in [5.74, 6) is 0.869. The maximum atomic E-state index is 8.28. The van der Waals surface area contributed by atoms with Gasteiger partial charge in [0, 0.05) is 34.1 Å². The van der Waals surface area contributed by atoms with Gasteiger partial charge in [-0.15, -0.1) is 0 Å². The fraction of sp³-hybridized carbons (Fsp3) is 0.0426. The summed E-state index contributed by atoms with van der Waals surface area (Å²) in [5.41, 5.74) is 13.4. The van der Waals surface area contributed by atoms with Crippen LogP contribution >= 0.6 is 0 Å². The zero-order valence-electron chi connectivity index (χ0n) is 28.7. The first-order chi connectivity index (χ1) is 25.7. The summed E-state index contributed by atoms with van der Waals surface area (Å²) in [4.78, 5) is 10.4. The van der Waals surface area contributed by atoms with Crippen LogP contribution in [-0.4, -0.2) is 21.5 Å². The van der Waals surface area contributed by atoms with Gasteiger partial charge in [-0.05, 0) is 70.0 Å². The van der Waals surface area contributed by atoms with Crippen LogP contribution in [0.5, 0.6) is 0 Å². The summed E-state index contributed by atoms with van der Waals surface area (Å²) in [6.07, 6.45) is 3.41. The largest absolute Gasteiger partial charge is 0.360 e. The molecule has 2 heterocycles. The highest BCUT2D eigenvalue weighted by molar-refractivity contribution is 6.15. The Morgan fingerprint density at radius 3 is 1.94 bits per heavy atom. The first-order valence-electron chi connectivity index (χ1n) is 17.5. The van der Waals surface area contributed by atoms with Crippen LogP contribution in [0, 0.1) is 12.3 Å². The van der Waals surface area contributed by atoms with Gasteiger partial charge in [0.15, 0.2) is 0 Å². The van der Waals surface area contributed by atoms with E-state index in [1.807, 2.05) is 24.3 Å². The molecule has 0 radical (unpaired) electrons. The third kappa shape index (κ3) is 5.49. The summed E-state index contributed by atoms with van der Waals surface area (Å²) in [6, 6.07) is 56.9. The van der Waals surface area contributed by atoms with Gasteiger partial charge in [0.25, 0.3) is 0 Å². The van der Waals surface area contributed by atoms with Gasteiger partial charge in [-0.1, -0.05) is 146 Å². The van der Waals surface area contributed by atoms with Gasteiger partial charge in [0.05, 0.1) is 16.7 Å². The van der Waals surface area contributed by atoms with Crippen LogP contribution in [-0.2, 0) is 0 Å². The van der Waals surface area contributed by atoms with Gasteiger partial charge in [0.2, 0.25) is 0 Å². The highest BCUT2D eigenvalue weighted by Gasteiger charge is 2.22. The lowest BCUT2D eigenvalue weighted by Crippen LogP contribution is -2.24. The third-order valence-corrected chi connectivity index (χ3v) is 9.92. The van der Waals surface area contributed by atoms with E-state index in [0.29, 0.717) is 0 Å². The molecule has 7 aromatic carbocycles. The predicted octanol–water partition coefficient (Wildman–Crippen LogP) is 11.0. The fourth-order valence-electron chi connectivity index (χ4n) is 7.35. The van der Waals surface area contributed by atoms with Gasteiger partial charge >= 0.3 is 0 Å². The van der Waals surface area contributed by atoms with E-state index in [9.17, 15) is 0 Å². The van der Waals surface area contributed by atoms with Crippen molar-refractivity contribution >= 4 is 39.4 Å². The Labute approximate surface area is 302 Å². The summed E-state index contributed by atoms with van der Waals surface area (Å²) >= 11 is 0. The highest BCUT2D eigenvalue weighted by atomic mass is 15.1. The van der Waals surface area contributed by atoms with Crippen molar-refractivity contribution in [2.45, 2.75) is 13.1 Å². The molecule has 2 N–H and O–H groups in total. The average Bonchev–Trinajstić information content (AvgIpc) is 3.64. The number of nitrogens with one attached hydrogen (secondary N) is 2. The molecule has 9 rings (SSSR count). The fourth-order valence-corrected chi connectivity index (χ4v) is 7.35. The van der Waals surface area contributed by atoms with Crippen molar-refractivity contribution in [3.05, 3.63) is 198 Å². The van der Waals surface area contributed by atoms with Crippen molar-refractivity contribution in [1.29, 1.82) is 5.41 Å². The number of aromatic nitrogens is 2. The molecule has 0 saturated carbocycles. The molecule has 1 aliphatic heterocycles. The molecule has 0 saturated heterocycles. The molecule has 8 aromatic rings. The van der Waals surface area contributed by atoms with Gasteiger partial charge in [-0.2, -0.15) is 0 Å². The summed E-state index contributed by atoms with van der Waals surface area (Å²) in [7, 11) is 0. The van der Waals surface area contributed by atoms with Crippen molar-refractivity contribution in [2.24, 2.45) is 4.99 Å². The molecule has 0 fully saturated rings. The second-order valence-electron chi connectivity index (χ2n) is 13.1. The zero-order valence-corrected chi connectivity index (χ0v) is 28.7. The third-order valence-electron chi connectivity index (χ3n) is 9.92. The standard InChI is InChI=1S/C47H35N5/c1-31-41(30-48)39-25-11-12-26-40(39)45-44(31)51-47(34-19-9-4-10-20-34)52(45)38-24-14-22-36(28-38)35-21-13-23-37(27-35)43-29-42(32-15-5-2-6-16-32)49-46(50-43)33-17-7-3-8-18-33/h2-30,46,48,50H,1H3. The number of hydrogen-bond donors (Lipinski definition) is 2. The number of nitrogens with zero attached hydrogens (tertiary/aromatic N) is 3. The Balaban J connectivity index is 1.18. The number of aryl methyl sites for hydroxylation is 1. The molecule has 1 atom stereocenters. The van der Waals surface area contributed by atoms with Gasteiger partial charge in [-0.25, -0.2) is 4.98 Å². The number of imidazole rings is 1. The first kappa shape index (κ1) is 31.2. The Bertz CT molecular complexity index is 2670. The number of allylic oxidation sites excluding steroid dienone is 1. The Morgan fingerprint density at radius 2 is 1.21 bits per heavy atom. The van der Waals surface area contributed by atoms with E-state index < -0.39 is 0 Å². The minimum Gasteiger partial charge on any atom is -0.360 e. The first-order valence-corrected chi connectivity index (χ1v) is 17.5. The summed E-state index contributed by atoms with van der Waals surface area (Å²) < 4.78 is 2.29. The second-order valence-corrected chi connectivity index (χ2v) is 13.1. The lowest BCUT2D eigenvalue weighted by atomic mass is 9.97. The molecule has 52 heavy (non-hydrogen) atoms. The number of benzene rings is 7. The van der Waals surface area contributed by atoms with Crippen LogP contribution < -0.4 is 5.32 Å². The molecule has 1 unspecified atom stereocenters. The van der Waals surface area contributed by atoms with Crippen LogP contribution in [0.2, 0.25) is 0 Å². The highest BCUT2D eigenvalue weighted by Crippen LogP contribution is 2.38. The monoisotopic (exact) mass is 669 g/mol. The maximum Gasteiger partial charge on any atom is 0.145 e. The Morgan fingerprint density at radius 1 is 0.615 bits per heavy atom. The molecular weight excluding hydrogens is 635 g/mol. The molecule has 5 heteroatoms. The molecular formula is C47H35N5. The smallest absolute Gasteiger partial charge is 0.145 e. The van der Waals surface area contributed by atoms with Crippen LogP contribution in [0.3, 0.4) is 0 Å². The Kier molecular flexibility index (Phi) is 7.86. The van der Waals surface area contributed by atoms with E-state index in [0.717, 1.165) is 89.2 Å². The van der Waals surface area contributed by atoms with E-state index in [1.165, 1.54) is 6.21 Å². The van der Waals surface area contributed by atoms with Crippen molar-refractivity contribution in [3.8, 4) is 28.2 Å². The molecule has 0 amide bonds. The quantitative estimate of drug-likeness (QED) is 0.166. The van der Waals surface area contributed by atoms with E-state index in [-0.39, 0.29) is 6.17 Å². The molecule has 0 bridgehead atoms. The van der Waals surface area contributed by atoms with E-state index in [2.05, 4.69) is 162 Å². The predicted molar refractivity (Wildman–Crippen MR) is 215 cm³/mol. The molecule has 5 nitrogen and oxygen atoms in total. The minimum absolute atomic E-state index is 0.208. The lowest BCUT2D eigenvalue weighted by molar-refractivity contribution is 0.664. The second kappa shape index (κ2) is 13.1. The van der Waals surface area contributed by atoms with E-state index in [4.69, 9.17) is 15.4 Å². The van der Waals surface area contributed by atoms with Crippen molar-refractivity contribution in [3.63, 3.8) is 0 Å². The van der Waals surface area contributed by atoms with Crippen molar-refractivity contribution < 1.29 is 0 Å². The lowest BCUT2D eigenvalue weighted by Gasteiger charge is -2.25.